The van der Waals surface area contributed by atoms with Crippen LogP contribution < -0.4 is 5.32 Å². The SMILES string of the molecule is CC(C)CCNC(=O)[C@@]1(C)CCC(=O)N1Cc1cccnc1. The van der Waals surface area contributed by atoms with Crippen LogP contribution in [0.3, 0.4) is 0 Å². The Bertz CT molecular complexity index is 530. The van der Waals surface area contributed by atoms with Gasteiger partial charge in [0.2, 0.25) is 11.8 Å². The number of carbonyl (C=O) groups excluding carboxylic acids is 2. The highest BCUT2D eigenvalue weighted by Gasteiger charge is 2.46. The Balaban J connectivity index is 2.06. The quantitative estimate of drug-likeness (QED) is 0.875. The Morgan fingerprint density at radius 3 is 2.91 bits per heavy atom. The largest absolute Gasteiger partial charge is 0.354 e. The van der Waals surface area contributed by atoms with Crippen LogP contribution in [-0.2, 0) is 16.1 Å². The molecule has 1 N–H and O–H groups in total. The number of nitrogens with zero attached hydrogens (tertiary/aromatic N) is 2. The van der Waals surface area contributed by atoms with Crippen molar-refractivity contribution in [3.63, 3.8) is 0 Å². The Labute approximate surface area is 132 Å². The first-order valence-electron chi connectivity index (χ1n) is 7.91. The molecule has 22 heavy (non-hydrogen) atoms. The topological polar surface area (TPSA) is 62.3 Å². The highest BCUT2D eigenvalue weighted by molar-refractivity contribution is 5.94. The molecule has 0 aromatic carbocycles. The predicted octanol–water partition coefficient (Wildman–Crippen LogP) is 2.12. The number of hydrogen-bond acceptors (Lipinski definition) is 3. The molecule has 2 amide bonds. The lowest BCUT2D eigenvalue weighted by molar-refractivity contribution is -0.141. The van der Waals surface area contributed by atoms with E-state index in [0.717, 1.165) is 12.0 Å². The average molecular weight is 303 g/mol. The molecular formula is C17H25N3O2. The highest BCUT2D eigenvalue weighted by atomic mass is 16.2. The van der Waals surface area contributed by atoms with Gasteiger partial charge in [0, 0.05) is 31.9 Å². The lowest BCUT2D eigenvalue weighted by Gasteiger charge is -2.34. The van der Waals surface area contributed by atoms with Crippen LogP contribution in [0.4, 0.5) is 0 Å². The standard InChI is InChI=1S/C17H25N3O2/c1-13(2)7-10-19-16(22)17(3)8-6-15(21)20(17)12-14-5-4-9-18-11-14/h4-5,9,11,13H,6-8,10,12H2,1-3H3,(H,19,22)/t17-/m1/s1. The van der Waals surface area contributed by atoms with Gasteiger partial charge in [0.05, 0.1) is 0 Å². The first kappa shape index (κ1) is 16.5. The molecule has 0 radical (unpaired) electrons. The monoisotopic (exact) mass is 303 g/mol. The van der Waals surface area contributed by atoms with Gasteiger partial charge in [-0.05, 0) is 37.3 Å². The molecule has 2 heterocycles. The minimum atomic E-state index is -0.760. The van der Waals surface area contributed by atoms with Gasteiger partial charge < -0.3 is 10.2 Å². The lowest BCUT2D eigenvalue weighted by atomic mass is 9.97. The van der Waals surface area contributed by atoms with E-state index < -0.39 is 5.54 Å². The molecule has 0 spiro atoms. The summed E-state index contributed by atoms with van der Waals surface area (Å²) >= 11 is 0. The van der Waals surface area contributed by atoms with Crippen LogP contribution in [0.2, 0.25) is 0 Å². The normalized spacial score (nSPS) is 21.5. The van der Waals surface area contributed by atoms with Crippen LogP contribution in [0.1, 0.15) is 45.6 Å². The van der Waals surface area contributed by atoms with Crippen LogP contribution in [-0.4, -0.2) is 33.8 Å². The fourth-order valence-electron chi connectivity index (χ4n) is 2.73. The third-order valence-corrected chi connectivity index (χ3v) is 4.28. The third-order valence-electron chi connectivity index (χ3n) is 4.28. The van der Waals surface area contributed by atoms with Gasteiger partial charge >= 0.3 is 0 Å². The van der Waals surface area contributed by atoms with E-state index in [-0.39, 0.29) is 11.8 Å². The number of nitrogens with one attached hydrogen (secondary N) is 1. The Morgan fingerprint density at radius 2 is 2.27 bits per heavy atom. The third kappa shape index (κ3) is 3.64. The zero-order valence-corrected chi connectivity index (χ0v) is 13.6. The fraction of sp³-hybridized carbons (Fsp3) is 0.588. The zero-order valence-electron chi connectivity index (χ0n) is 13.6. The molecule has 1 saturated heterocycles. The highest BCUT2D eigenvalue weighted by Crippen LogP contribution is 2.31. The van der Waals surface area contributed by atoms with Crippen molar-refractivity contribution in [3.05, 3.63) is 30.1 Å². The molecule has 1 atom stereocenters. The number of hydrogen-bond donors (Lipinski definition) is 1. The van der Waals surface area contributed by atoms with Gasteiger partial charge in [0.1, 0.15) is 5.54 Å². The molecule has 5 nitrogen and oxygen atoms in total. The Kier molecular flexibility index (Phi) is 5.16. The Hall–Kier alpha value is -1.91. The van der Waals surface area contributed by atoms with Gasteiger partial charge in [-0.2, -0.15) is 0 Å². The van der Waals surface area contributed by atoms with Crippen LogP contribution in [0.5, 0.6) is 0 Å². The van der Waals surface area contributed by atoms with Gasteiger partial charge in [0.15, 0.2) is 0 Å². The summed E-state index contributed by atoms with van der Waals surface area (Å²) in [6, 6.07) is 3.77. The maximum Gasteiger partial charge on any atom is 0.245 e. The summed E-state index contributed by atoms with van der Waals surface area (Å²) in [7, 11) is 0. The van der Waals surface area contributed by atoms with E-state index in [1.165, 1.54) is 0 Å². The van der Waals surface area contributed by atoms with E-state index in [4.69, 9.17) is 0 Å². The average Bonchev–Trinajstić information content (AvgIpc) is 2.77. The second-order valence-corrected chi connectivity index (χ2v) is 6.55. The summed E-state index contributed by atoms with van der Waals surface area (Å²) in [6.07, 6.45) is 5.38. The van der Waals surface area contributed by atoms with E-state index >= 15 is 0 Å². The molecule has 0 aliphatic carbocycles. The molecule has 1 aromatic heterocycles. The van der Waals surface area contributed by atoms with Crippen molar-refractivity contribution >= 4 is 11.8 Å². The van der Waals surface area contributed by atoms with Crippen LogP contribution in [0.25, 0.3) is 0 Å². The van der Waals surface area contributed by atoms with Crippen molar-refractivity contribution in [2.45, 2.75) is 52.1 Å². The summed E-state index contributed by atoms with van der Waals surface area (Å²) in [5.41, 5.74) is 0.183. The minimum Gasteiger partial charge on any atom is -0.354 e. The van der Waals surface area contributed by atoms with E-state index in [1.54, 1.807) is 17.3 Å². The van der Waals surface area contributed by atoms with Crippen molar-refractivity contribution < 1.29 is 9.59 Å². The number of rotatable bonds is 6. The summed E-state index contributed by atoms with van der Waals surface area (Å²) < 4.78 is 0. The first-order valence-corrected chi connectivity index (χ1v) is 7.91. The number of likely N-dealkylation sites (tertiary alicyclic amines) is 1. The smallest absolute Gasteiger partial charge is 0.245 e. The fourth-order valence-corrected chi connectivity index (χ4v) is 2.73. The number of amides is 2. The van der Waals surface area contributed by atoms with Crippen molar-refractivity contribution in [2.24, 2.45) is 5.92 Å². The molecule has 2 rings (SSSR count). The van der Waals surface area contributed by atoms with E-state index in [0.29, 0.717) is 31.8 Å². The van der Waals surface area contributed by atoms with Crippen molar-refractivity contribution in [1.82, 2.24) is 15.2 Å². The first-order chi connectivity index (χ1) is 10.4. The second kappa shape index (κ2) is 6.90. The molecule has 0 saturated carbocycles. The van der Waals surface area contributed by atoms with E-state index in [2.05, 4.69) is 24.1 Å². The maximum absolute atomic E-state index is 12.6. The predicted molar refractivity (Wildman–Crippen MR) is 84.9 cm³/mol. The molecular weight excluding hydrogens is 278 g/mol. The van der Waals surface area contributed by atoms with Gasteiger partial charge in [0.25, 0.3) is 0 Å². The molecule has 1 aromatic rings. The van der Waals surface area contributed by atoms with Crippen molar-refractivity contribution in [3.8, 4) is 0 Å². The molecule has 5 heteroatoms. The minimum absolute atomic E-state index is 0.0327. The van der Waals surface area contributed by atoms with E-state index in [9.17, 15) is 9.59 Å². The maximum atomic E-state index is 12.6. The molecule has 1 aliphatic heterocycles. The van der Waals surface area contributed by atoms with Crippen molar-refractivity contribution in [1.29, 1.82) is 0 Å². The Morgan fingerprint density at radius 1 is 1.50 bits per heavy atom. The summed E-state index contributed by atoms with van der Waals surface area (Å²) in [5.74, 6) is 0.526. The van der Waals surface area contributed by atoms with Gasteiger partial charge in [-0.15, -0.1) is 0 Å². The van der Waals surface area contributed by atoms with Gasteiger partial charge in [-0.1, -0.05) is 19.9 Å². The number of aromatic nitrogens is 1. The van der Waals surface area contributed by atoms with E-state index in [1.807, 2.05) is 19.1 Å². The molecule has 1 aliphatic rings. The zero-order chi connectivity index (χ0) is 16.2. The van der Waals surface area contributed by atoms with Crippen LogP contribution >= 0.6 is 0 Å². The van der Waals surface area contributed by atoms with Crippen molar-refractivity contribution in [2.75, 3.05) is 6.54 Å². The van der Waals surface area contributed by atoms with Gasteiger partial charge in [-0.25, -0.2) is 0 Å². The molecule has 120 valence electrons. The molecule has 0 unspecified atom stereocenters. The number of carbonyl (C=O) groups is 2. The summed E-state index contributed by atoms with van der Waals surface area (Å²) in [6.45, 7) is 7.20. The summed E-state index contributed by atoms with van der Waals surface area (Å²) in [5, 5.41) is 2.98. The second-order valence-electron chi connectivity index (χ2n) is 6.55. The summed E-state index contributed by atoms with van der Waals surface area (Å²) in [4.78, 5) is 30.5. The molecule has 0 bridgehead atoms. The molecule has 1 fully saturated rings. The number of pyridine rings is 1. The van der Waals surface area contributed by atoms with Crippen LogP contribution in [0.15, 0.2) is 24.5 Å². The van der Waals surface area contributed by atoms with Gasteiger partial charge in [-0.3, -0.25) is 14.6 Å². The van der Waals surface area contributed by atoms with Crippen LogP contribution in [0, 0.1) is 5.92 Å². The lowest BCUT2D eigenvalue weighted by Crippen LogP contribution is -2.54.